The van der Waals surface area contributed by atoms with Crippen LogP contribution in [-0.4, -0.2) is 43.9 Å². The normalized spacial score (nSPS) is 12.9. The molecule has 1 aromatic carbocycles. The lowest BCUT2D eigenvalue weighted by molar-refractivity contribution is -0.204. The Kier molecular flexibility index (Phi) is 5.38. The molecule has 0 spiro atoms. The van der Waals surface area contributed by atoms with Gasteiger partial charge < -0.3 is 15.3 Å². The number of nitrogens with zero attached hydrogens (tertiary/aromatic N) is 1. The first-order valence-electron chi connectivity index (χ1n) is 6.02. The van der Waals surface area contributed by atoms with E-state index in [0.29, 0.717) is 5.56 Å². The monoisotopic (exact) mass is 290 g/mol. The van der Waals surface area contributed by atoms with Crippen molar-refractivity contribution in [3.05, 3.63) is 29.8 Å². The number of hydrogen-bond acceptors (Lipinski definition) is 3. The summed E-state index contributed by atoms with van der Waals surface area (Å²) in [6.45, 7) is -0.241. The van der Waals surface area contributed by atoms with Gasteiger partial charge in [-0.15, -0.1) is 0 Å². The molecular formula is C13H17F3N2O2. The second kappa shape index (κ2) is 6.60. The molecular weight excluding hydrogens is 273 g/mol. The number of nitrogens with one attached hydrogen (secondary N) is 1. The molecule has 20 heavy (non-hydrogen) atoms. The van der Waals surface area contributed by atoms with Crippen molar-refractivity contribution in [3.8, 4) is 0 Å². The predicted molar refractivity (Wildman–Crippen MR) is 69.8 cm³/mol. The molecule has 2 N–H and O–H groups in total. The van der Waals surface area contributed by atoms with E-state index in [0.717, 1.165) is 5.69 Å². The Morgan fingerprint density at radius 3 is 2.30 bits per heavy atom. The van der Waals surface area contributed by atoms with Crippen LogP contribution in [-0.2, 0) is 0 Å². The van der Waals surface area contributed by atoms with Gasteiger partial charge in [0.05, 0.1) is 0 Å². The number of aliphatic hydroxyl groups excluding tert-OH is 1. The van der Waals surface area contributed by atoms with Crippen molar-refractivity contribution in [1.29, 1.82) is 0 Å². The van der Waals surface area contributed by atoms with Crippen LogP contribution < -0.4 is 10.2 Å². The topological polar surface area (TPSA) is 52.6 Å². The van der Waals surface area contributed by atoms with E-state index in [1.54, 1.807) is 24.3 Å². The van der Waals surface area contributed by atoms with Crippen LogP contribution in [0.3, 0.4) is 0 Å². The van der Waals surface area contributed by atoms with Gasteiger partial charge in [-0.3, -0.25) is 4.79 Å². The van der Waals surface area contributed by atoms with Crippen LogP contribution in [0.2, 0.25) is 0 Å². The van der Waals surface area contributed by atoms with E-state index in [9.17, 15) is 18.0 Å². The van der Waals surface area contributed by atoms with Crippen molar-refractivity contribution >= 4 is 11.6 Å². The maximum atomic E-state index is 12.0. The van der Waals surface area contributed by atoms with E-state index in [1.807, 2.05) is 19.0 Å². The summed E-state index contributed by atoms with van der Waals surface area (Å²) in [5.41, 5.74) is 1.27. The Labute approximate surface area is 115 Å². The maximum Gasteiger partial charge on any atom is 0.414 e. The summed E-state index contributed by atoms with van der Waals surface area (Å²) in [7, 11) is 3.71. The highest BCUT2D eigenvalue weighted by Gasteiger charge is 2.37. The zero-order valence-corrected chi connectivity index (χ0v) is 11.2. The third-order valence-corrected chi connectivity index (χ3v) is 2.73. The van der Waals surface area contributed by atoms with E-state index >= 15 is 0 Å². The average molecular weight is 290 g/mol. The van der Waals surface area contributed by atoms with E-state index in [2.05, 4.69) is 5.32 Å². The quantitative estimate of drug-likeness (QED) is 0.869. The third kappa shape index (κ3) is 4.73. The Balaban J connectivity index is 2.47. The largest absolute Gasteiger partial charge is 0.414 e. The highest BCUT2D eigenvalue weighted by molar-refractivity contribution is 5.94. The first-order chi connectivity index (χ1) is 9.21. The van der Waals surface area contributed by atoms with Gasteiger partial charge in [0, 0.05) is 31.9 Å². The second-order valence-corrected chi connectivity index (χ2v) is 4.54. The Morgan fingerprint density at radius 1 is 1.30 bits per heavy atom. The number of carbonyl (C=O) groups excluding carboxylic acids is 1. The number of anilines is 1. The molecule has 112 valence electrons. The minimum absolute atomic E-state index is 0.241. The van der Waals surface area contributed by atoms with Gasteiger partial charge in [-0.05, 0) is 30.7 Å². The molecule has 4 nitrogen and oxygen atoms in total. The minimum atomic E-state index is -4.65. The summed E-state index contributed by atoms with van der Waals surface area (Å²) in [6.07, 6.45) is -7.64. The lowest BCUT2D eigenvalue weighted by atomic mass is 10.2. The zero-order valence-electron chi connectivity index (χ0n) is 11.2. The molecule has 0 aromatic heterocycles. The van der Waals surface area contributed by atoms with E-state index in [1.165, 1.54) is 0 Å². The summed E-state index contributed by atoms with van der Waals surface area (Å²) in [5.74, 6) is -0.468. The van der Waals surface area contributed by atoms with Gasteiger partial charge in [-0.25, -0.2) is 0 Å². The van der Waals surface area contributed by atoms with Crippen molar-refractivity contribution in [2.45, 2.75) is 18.7 Å². The summed E-state index contributed by atoms with van der Waals surface area (Å²) in [6, 6.07) is 6.65. The van der Waals surface area contributed by atoms with Crippen molar-refractivity contribution in [2.24, 2.45) is 0 Å². The van der Waals surface area contributed by atoms with Gasteiger partial charge in [0.1, 0.15) is 0 Å². The Hall–Kier alpha value is -1.76. The summed E-state index contributed by atoms with van der Waals surface area (Å²) in [4.78, 5) is 13.5. The van der Waals surface area contributed by atoms with E-state index in [-0.39, 0.29) is 6.54 Å². The lowest BCUT2D eigenvalue weighted by Gasteiger charge is -2.15. The van der Waals surface area contributed by atoms with Gasteiger partial charge in [-0.2, -0.15) is 13.2 Å². The molecule has 0 radical (unpaired) electrons. The molecule has 0 unspecified atom stereocenters. The summed E-state index contributed by atoms with van der Waals surface area (Å²) >= 11 is 0. The number of aliphatic hydroxyl groups is 1. The average Bonchev–Trinajstić information content (AvgIpc) is 2.37. The fourth-order valence-electron chi connectivity index (χ4n) is 1.50. The maximum absolute atomic E-state index is 12.0. The van der Waals surface area contributed by atoms with Gasteiger partial charge >= 0.3 is 6.18 Å². The van der Waals surface area contributed by atoms with Crippen molar-refractivity contribution < 1.29 is 23.1 Å². The molecule has 0 bridgehead atoms. The number of alkyl halides is 3. The number of carbonyl (C=O) groups is 1. The van der Waals surface area contributed by atoms with Crippen LogP contribution in [0.5, 0.6) is 0 Å². The fourth-order valence-corrected chi connectivity index (χ4v) is 1.50. The highest BCUT2D eigenvalue weighted by Crippen LogP contribution is 2.21. The van der Waals surface area contributed by atoms with Crippen LogP contribution in [0.25, 0.3) is 0 Å². The smallest absolute Gasteiger partial charge is 0.384 e. The van der Waals surface area contributed by atoms with Crippen LogP contribution in [0, 0.1) is 0 Å². The van der Waals surface area contributed by atoms with Gasteiger partial charge in [0.2, 0.25) is 0 Å². The molecule has 1 aromatic rings. The van der Waals surface area contributed by atoms with Crippen molar-refractivity contribution in [3.63, 3.8) is 0 Å². The first-order valence-corrected chi connectivity index (χ1v) is 6.02. The predicted octanol–water partition coefficient (Wildman–Crippen LogP) is 1.80. The molecule has 1 amide bonds. The van der Waals surface area contributed by atoms with Crippen LogP contribution in [0.1, 0.15) is 16.8 Å². The molecule has 0 fully saturated rings. The van der Waals surface area contributed by atoms with E-state index in [4.69, 9.17) is 5.11 Å². The minimum Gasteiger partial charge on any atom is -0.384 e. The van der Waals surface area contributed by atoms with Gasteiger partial charge in [0.15, 0.2) is 6.10 Å². The fraction of sp³-hybridized carbons (Fsp3) is 0.462. The molecule has 0 aliphatic carbocycles. The molecule has 0 aliphatic heterocycles. The Morgan fingerprint density at radius 2 is 1.85 bits per heavy atom. The van der Waals surface area contributed by atoms with Crippen molar-refractivity contribution in [2.75, 3.05) is 25.5 Å². The molecule has 0 heterocycles. The van der Waals surface area contributed by atoms with E-state index < -0.39 is 24.6 Å². The van der Waals surface area contributed by atoms with Crippen molar-refractivity contribution in [1.82, 2.24) is 5.32 Å². The van der Waals surface area contributed by atoms with Crippen LogP contribution in [0.15, 0.2) is 24.3 Å². The number of halogens is 3. The molecule has 1 atom stereocenters. The van der Waals surface area contributed by atoms with Crippen LogP contribution in [0.4, 0.5) is 18.9 Å². The third-order valence-electron chi connectivity index (χ3n) is 2.73. The van der Waals surface area contributed by atoms with Crippen LogP contribution >= 0.6 is 0 Å². The second-order valence-electron chi connectivity index (χ2n) is 4.54. The van der Waals surface area contributed by atoms with Gasteiger partial charge in [0.25, 0.3) is 5.91 Å². The standard InChI is InChI=1S/C13H17F3N2O2/c1-18(2)10-5-3-9(4-6-10)12(20)17-8-7-11(19)13(14,15)16/h3-6,11,19H,7-8H2,1-2H3,(H,17,20)/t11-/m1/s1. The lowest BCUT2D eigenvalue weighted by Crippen LogP contribution is -2.34. The SMILES string of the molecule is CN(C)c1ccc(C(=O)NCC[C@@H](O)C(F)(F)F)cc1. The van der Waals surface area contributed by atoms with Gasteiger partial charge in [-0.1, -0.05) is 0 Å². The first kappa shape index (κ1) is 16.3. The number of amides is 1. The summed E-state index contributed by atoms with van der Waals surface area (Å²) in [5, 5.41) is 11.1. The number of benzene rings is 1. The molecule has 0 saturated carbocycles. The molecule has 0 saturated heterocycles. The molecule has 1 rings (SSSR count). The number of hydrogen-bond donors (Lipinski definition) is 2. The molecule has 7 heteroatoms. The molecule has 0 aliphatic rings. The highest BCUT2D eigenvalue weighted by atomic mass is 19.4. The number of rotatable bonds is 5. The Bertz CT molecular complexity index is 444. The summed E-state index contributed by atoms with van der Waals surface area (Å²) < 4.78 is 36.1. The zero-order chi connectivity index (χ0) is 15.3.